The molecule has 0 aliphatic heterocycles. The fourth-order valence-corrected chi connectivity index (χ4v) is 3.68. The average Bonchev–Trinajstić information content (AvgIpc) is 2.44. The fraction of sp³-hybridized carbons (Fsp3) is 0.200. The molecule has 0 radical (unpaired) electrons. The van der Waals surface area contributed by atoms with E-state index in [0.29, 0.717) is 22.3 Å². The molecule has 0 fully saturated rings. The van der Waals surface area contributed by atoms with E-state index in [1.165, 1.54) is 0 Å². The van der Waals surface area contributed by atoms with Gasteiger partial charge in [-0.25, -0.2) is 8.42 Å². The van der Waals surface area contributed by atoms with E-state index in [-0.39, 0.29) is 5.75 Å². The zero-order valence-electron chi connectivity index (χ0n) is 11.6. The van der Waals surface area contributed by atoms with Crippen LogP contribution in [0.5, 0.6) is 0 Å². The minimum Gasteiger partial charge on any atom is -0.398 e. The molecule has 0 saturated carbocycles. The molecule has 0 aliphatic carbocycles. The van der Waals surface area contributed by atoms with Crippen molar-refractivity contribution in [1.82, 2.24) is 0 Å². The number of halogens is 1. The SMILES string of the molecule is Cc1cc(Br)c(NS(=O)(=O)CCc2ccccc2)cc1N. The second kappa shape index (κ2) is 6.49. The standard InChI is InChI=1S/C15H17BrN2O2S/c1-11-9-13(16)15(10-14(11)17)18-21(19,20)8-7-12-5-3-2-4-6-12/h2-6,9-10,18H,7-8,17H2,1H3. The third-order valence-electron chi connectivity index (χ3n) is 3.12. The molecule has 2 aromatic carbocycles. The Morgan fingerprint density at radius 3 is 2.52 bits per heavy atom. The normalized spacial score (nSPS) is 11.3. The van der Waals surface area contributed by atoms with Crippen LogP contribution in [0.3, 0.4) is 0 Å². The van der Waals surface area contributed by atoms with Crippen molar-refractivity contribution in [3.63, 3.8) is 0 Å². The summed E-state index contributed by atoms with van der Waals surface area (Å²) in [6.07, 6.45) is 0.467. The largest absolute Gasteiger partial charge is 0.398 e. The summed E-state index contributed by atoms with van der Waals surface area (Å²) in [4.78, 5) is 0. The highest BCUT2D eigenvalue weighted by atomic mass is 79.9. The van der Waals surface area contributed by atoms with Crippen molar-refractivity contribution in [2.45, 2.75) is 13.3 Å². The fourth-order valence-electron chi connectivity index (χ4n) is 1.88. The maximum atomic E-state index is 12.1. The van der Waals surface area contributed by atoms with Gasteiger partial charge in [0.05, 0.1) is 11.4 Å². The lowest BCUT2D eigenvalue weighted by Crippen LogP contribution is -2.18. The summed E-state index contributed by atoms with van der Waals surface area (Å²) in [6.45, 7) is 1.87. The number of hydrogen-bond donors (Lipinski definition) is 2. The first-order valence-electron chi connectivity index (χ1n) is 6.47. The highest BCUT2D eigenvalue weighted by molar-refractivity contribution is 9.10. The van der Waals surface area contributed by atoms with Gasteiger partial charge in [-0.05, 0) is 52.5 Å². The Labute approximate surface area is 133 Å². The van der Waals surface area contributed by atoms with Crippen molar-refractivity contribution >= 4 is 37.3 Å². The van der Waals surface area contributed by atoms with Crippen molar-refractivity contribution in [2.24, 2.45) is 0 Å². The second-order valence-corrected chi connectivity index (χ2v) is 7.54. The summed E-state index contributed by atoms with van der Waals surface area (Å²) in [7, 11) is -3.42. The van der Waals surface area contributed by atoms with Gasteiger partial charge in [0.1, 0.15) is 0 Å². The number of nitrogen functional groups attached to an aromatic ring is 1. The van der Waals surface area contributed by atoms with E-state index in [1.54, 1.807) is 12.1 Å². The van der Waals surface area contributed by atoms with Gasteiger partial charge in [0, 0.05) is 10.2 Å². The molecular weight excluding hydrogens is 352 g/mol. The molecule has 0 amide bonds. The van der Waals surface area contributed by atoms with Crippen LogP contribution in [0.25, 0.3) is 0 Å². The smallest absolute Gasteiger partial charge is 0.233 e. The zero-order chi connectivity index (χ0) is 15.5. The molecule has 0 aromatic heterocycles. The first-order valence-corrected chi connectivity index (χ1v) is 8.92. The van der Waals surface area contributed by atoms with Gasteiger partial charge in [-0.3, -0.25) is 4.72 Å². The van der Waals surface area contributed by atoms with E-state index in [4.69, 9.17) is 5.73 Å². The predicted molar refractivity (Wildman–Crippen MR) is 90.8 cm³/mol. The Hall–Kier alpha value is -1.53. The molecule has 0 atom stereocenters. The highest BCUT2D eigenvalue weighted by Crippen LogP contribution is 2.28. The Morgan fingerprint density at radius 1 is 1.19 bits per heavy atom. The van der Waals surface area contributed by atoms with E-state index in [9.17, 15) is 8.42 Å². The van der Waals surface area contributed by atoms with E-state index in [2.05, 4.69) is 20.7 Å². The summed E-state index contributed by atoms with van der Waals surface area (Å²) in [5.74, 6) is 0.0250. The molecule has 2 aromatic rings. The summed E-state index contributed by atoms with van der Waals surface area (Å²) >= 11 is 3.35. The number of aryl methyl sites for hydroxylation is 2. The van der Waals surface area contributed by atoms with Crippen molar-refractivity contribution < 1.29 is 8.42 Å². The van der Waals surface area contributed by atoms with Gasteiger partial charge < -0.3 is 5.73 Å². The third kappa shape index (κ3) is 4.47. The van der Waals surface area contributed by atoms with Crippen molar-refractivity contribution in [2.75, 3.05) is 16.2 Å². The van der Waals surface area contributed by atoms with Crippen LogP contribution in [0, 0.1) is 6.92 Å². The van der Waals surface area contributed by atoms with Gasteiger partial charge in [0.15, 0.2) is 0 Å². The molecule has 0 aliphatic rings. The molecule has 0 saturated heterocycles. The van der Waals surface area contributed by atoms with Crippen LogP contribution >= 0.6 is 15.9 Å². The molecule has 4 nitrogen and oxygen atoms in total. The van der Waals surface area contributed by atoms with Crippen LogP contribution in [-0.4, -0.2) is 14.2 Å². The topological polar surface area (TPSA) is 72.2 Å². The Kier molecular flexibility index (Phi) is 4.90. The Balaban J connectivity index is 2.09. The number of hydrogen-bond acceptors (Lipinski definition) is 3. The van der Waals surface area contributed by atoms with Crippen molar-refractivity contribution in [1.29, 1.82) is 0 Å². The molecule has 3 N–H and O–H groups in total. The molecule has 2 rings (SSSR count). The number of anilines is 2. The number of sulfonamides is 1. The molecule has 0 bridgehead atoms. The highest BCUT2D eigenvalue weighted by Gasteiger charge is 2.13. The second-order valence-electron chi connectivity index (χ2n) is 4.85. The number of rotatable bonds is 5. The third-order valence-corrected chi connectivity index (χ3v) is 5.05. The summed E-state index contributed by atoms with van der Waals surface area (Å²) in [5, 5.41) is 0. The summed E-state index contributed by atoms with van der Waals surface area (Å²) in [5.41, 5.74) is 8.72. The van der Waals surface area contributed by atoms with E-state index in [1.807, 2.05) is 37.3 Å². The lowest BCUT2D eigenvalue weighted by molar-refractivity contribution is 0.600. The van der Waals surface area contributed by atoms with Gasteiger partial charge in [0.2, 0.25) is 10.0 Å². The minimum atomic E-state index is -3.42. The van der Waals surface area contributed by atoms with Gasteiger partial charge in [0.25, 0.3) is 0 Å². The van der Waals surface area contributed by atoms with Crippen molar-refractivity contribution in [3.8, 4) is 0 Å². The first kappa shape index (κ1) is 15.9. The van der Waals surface area contributed by atoms with Gasteiger partial charge in [-0.2, -0.15) is 0 Å². The number of nitrogens with one attached hydrogen (secondary N) is 1. The average molecular weight is 369 g/mol. The zero-order valence-corrected chi connectivity index (χ0v) is 14.0. The molecule has 0 heterocycles. The van der Waals surface area contributed by atoms with Crippen LogP contribution in [0.1, 0.15) is 11.1 Å². The molecule has 0 unspecified atom stereocenters. The van der Waals surface area contributed by atoms with Crippen LogP contribution in [0.4, 0.5) is 11.4 Å². The van der Waals surface area contributed by atoms with E-state index < -0.39 is 10.0 Å². The van der Waals surface area contributed by atoms with Crippen LogP contribution < -0.4 is 10.5 Å². The summed E-state index contributed by atoms with van der Waals surface area (Å²) in [6, 6.07) is 12.9. The maximum Gasteiger partial charge on any atom is 0.233 e. The van der Waals surface area contributed by atoms with Gasteiger partial charge in [-0.15, -0.1) is 0 Å². The maximum absolute atomic E-state index is 12.1. The van der Waals surface area contributed by atoms with E-state index >= 15 is 0 Å². The first-order chi connectivity index (χ1) is 9.87. The Morgan fingerprint density at radius 2 is 1.86 bits per heavy atom. The quantitative estimate of drug-likeness (QED) is 0.795. The minimum absolute atomic E-state index is 0.0250. The predicted octanol–water partition coefficient (Wildman–Crippen LogP) is 3.32. The Bertz CT molecular complexity index is 731. The number of benzene rings is 2. The van der Waals surface area contributed by atoms with E-state index in [0.717, 1.165) is 11.1 Å². The molecule has 0 spiro atoms. The van der Waals surface area contributed by atoms with Crippen molar-refractivity contribution in [3.05, 3.63) is 58.1 Å². The molecule has 21 heavy (non-hydrogen) atoms. The van der Waals surface area contributed by atoms with Gasteiger partial charge >= 0.3 is 0 Å². The summed E-state index contributed by atoms with van der Waals surface area (Å²) < 4.78 is 27.5. The lowest BCUT2D eigenvalue weighted by Gasteiger charge is -2.12. The van der Waals surface area contributed by atoms with Gasteiger partial charge in [-0.1, -0.05) is 30.3 Å². The molecule has 112 valence electrons. The monoisotopic (exact) mass is 368 g/mol. The lowest BCUT2D eigenvalue weighted by atomic mass is 10.2. The van der Waals surface area contributed by atoms with Crippen LogP contribution in [0.15, 0.2) is 46.9 Å². The number of nitrogens with two attached hydrogens (primary N) is 1. The molecule has 6 heteroatoms. The van der Waals surface area contributed by atoms with Crippen LogP contribution in [0.2, 0.25) is 0 Å². The molecular formula is C15H17BrN2O2S. The van der Waals surface area contributed by atoms with Crippen LogP contribution in [-0.2, 0) is 16.4 Å².